The SMILES string of the molecule is COc1ccccc1-n1c(C)cc(/C=C2\C(=O)N(c3ccc(C)cc3)C(=O)c3ccccc32)c1C. The lowest BCUT2D eigenvalue weighted by Crippen LogP contribution is -2.41. The minimum absolute atomic E-state index is 0.314. The molecule has 5 heteroatoms. The van der Waals surface area contributed by atoms with Crippen molar-refractivity contribution in [3.05, 3.63) is 113 Å². The van der Waals surface area contributed by atoms with Crippen LogP contribution >= 0.6 is 0 Å². The molecule has 0 saturated heterocycles. The Hall–Kier alpha value is -4.38. The number of nitrogens with zero attached hydrogens (tertiary/aromatic N) is 2. The van der Waals surface area contributed by atoms with Gasteiger partial charge in [0.2, 0.25) is 0 Å². The monoisotopic (exact) mass is 462 g/mol. The van der Waals surface area contributed by atoms with Gasteiger partial charge in [-0.15, -0.1) is 0 Å². The van der Waals surface area contributed by atoms with E-state index in [1.165, 1.54) is 4.90 Å². The molecule has 1 aliphatic heterocycles. The number of aryl methyl sites for hydroxylation is 2. The number of hydrogen-bond acceptors (Lipinski definition) is 3. The Morgan fingerprint density at radius 3 is 2.14 bits per heavy atom. The highest BCUT2D eigenvalue weighted by molar-refractivity contribution is 6.43. The number of fused-ring (bicyclic) bond motifs is 1. The number of carbonyl (C=O) groups excluding carboxylic acids is 2. The molecule has 2 amide bonds. The molecule has 5 rings (SSSR count). The first-order valence-corrected chi connectivity index (χ1v) is 11.5. The molecule has 1 aromatic heterocycles. The van der Waals surface area contributed by atoms with Crippen LogP contribution in [0.4, 0.5) is 5.69 Å². The van der Waals surface area contributed by atoms with Crippen LogP contribution in [0.1, 0.15) is 38.4 Å². The lowest BCUT2D eigenvalue weighted by Gasteiger charge is -2.28. The van der Waals surface area contributed by atoms with E-state index in [-0.39, 0.29) is 11.8 Å². The number of imide groups is 1. The van der Waals surface area contributed by atoms with Crippen LogP contribution < -0.4 is 9.64 Å². The number of anilines is 1. The fourth-order valence-corrected chi connectivity index (χ4v) is 4.70. The number of benzene rings is 3. The van der Waals surface area contributed by atoms with Gasteiger partial charge in [-0.2, -0.15) is 0 Å². The minimum Gasteiger partial charge on any atom is -0.495 e. The van der Waals surface area contributed by atoms with Crippen molar-refractivity contribution in [2.24, 2.45) is 0 Å². The van der Waals surface area contributed by atoms with Gasteiger partial charge >= 0.3 is 0 Å². The fourth-order valence-electron chi connectivity index (χ4n) is 4.70. The number of para-hydroxylation sites is 2. The van der Waals surface area contributed by atoms with Crippen LogP contribution in [-0.4, -0.2) is 23.5 Å². The molecular weight excluding hydrogens is 436 g/mol. The zero-order valence-electron chi connectivity index (χ0n) is 20.2. The third-order valence-electron chi connectivity index (χ3n) is 6.47. The molecule has 0 radical (unpaired) electrons. The Kier molecular flexibility index (Phi) is 5.61. The second kappa shape index (κ2) is 8.76. The molecular formula is C30H26N2O3. The summed E-state index contributed by atoms with van der Waals surface area (Å²) in [5.74, 6) is 0.120. The molecule has 0 bridgehead atoms. The third kappa shape index (κ3) is 3.75. The first-order valence-electron chi connectivity index (χ1n) is 11.5. The van der Waals surface area contributed by atoms with Crippen molar-refractivity contribution < 1.29 is 14.3 Å². The first kappa shape index (κ1) is 22.4. The lowest BCUT2D eigenvalue weighted by atomic mass is 9.91. The largest absolute Gasteiger partial charge is 0.495 e. The molecule has 2 heterocycles. The zero-order valence-corrected chi connectivity index (χ0v) is 20.2. The van der Waals surface area contributed by atoms with Gasteiger partial charge in [-0.3, -0.25) is 9.59 Å². The summed E-state index contributed by atoms with van der Waals surface area (Å²) < 4.78 is 7.70. The molecule has 3 aromatic carbocycles. The summed E-state index contributed by atoms with van der Waals surface area (Å²) in [7, 11) is 1.66. The zero-order chi connectivity index (χ0) is 24.7. The van der Waals surface area contributed by atoms with Gasteiger partial charge in [0.25, 0.3) is 11.8 Å². The Morgan fingerprint density at radius 1 is 0.771 bits per heavy atom. The third-order valence-corrected chi connectivity index (χ3v) is 6.47. The van der Waals surface area contributed by atoms with Gasteiger partial charge in [-0.05, 0) is 74.4 Å². The topological polar surface area (TPSA) is 51.5 Å². The predicted octanol–water partition coefficient (Wildman–Crippen LogP) is 6.14. The molecule has 0 spiro atoms. The standard InChI is InChI=1S/C30H26N2O3/c1-19-13-15-23(16-14-19)32-29(33)25-10-6-5-9-24(25)26(30(32)34)18-22-17-20(2)31(21(22)3)27-11-7-8-12-28(27)35-4/h5-18H,1-4H3/b26-18-. The van der Waals surface area contributed by atoms with Crippen molar-refractivity contribution in [1.82, 2.24) is 4.57 Å². The van der Waals surface area contributed by atoms with Gasteiger partial charge in [0.15, 0.2) is 0 Å². The summed E-state index contributed by atoms with van der Waals surface area (Å²) in [6.45, 7) is 6.02. The van der Waals surface area contributed by atoms with E-state index in [0.717, 1.165) is 34.0 Å². The second-order valence-corrected chi connectivity index (χ2v) is 8.72. The number of ether oxygens (including phenoxy) is 1. The van der Waals surface area contributed by atoms with Crippen molar-refractivity contribution in [3.63, 3.8) is 0 Å². The van der Waals surface area contributed by atoms with E-state index >= 15 is 0 Å². The van der Waals surface area contributed by atoms with Crippen LogP contribution in [0.2, 0.25) is 0 Å². The Morgan fingerprint density at radius 2 is 1.43 bits per heavy atom. The number of amides is 2. The summed E-state index contributed by atoms with van der Waals surface area (Å²) in [6, 6.07) is 24.6. The summed E-state index contributed by atoms with van der Waals surface area (Å²) in [4.78, 5) is 28.4. The van der Waals surface area contributed by atoms with E-state index < -0.39 is 0 Å². The number of rotatable bonds is 4. The first-order chi connectivity index (χ1) is 16.9. The van der Waals surface area contributed by atoms with Crippen LogP contribution in [0.15, 0.2) is 78.9 Å². The van der Waals surface area contributed by atoms with Crippen LogP contribution in [0, 0.1) is 20.8 Å². The average Bonchev–Trinajstić information content (AvgIpc) is 3.15. The average molecular weight is 463 g/mol. The molecule has 5 nitrogen and oxygen atoms in total. The van der Waals surface area contributed by atoms with Crippen molar-refractivity contribution in [2.75, 3.05) is 12.0 Å². The molecule has 0 unspecified atom stereocenters. The number of methoxy groups -OCH3 is 1. The maximum Gasteiger partial charge on any atom is 0.265 e. The van der Waals surface area contributed by atoms with Gasteiger partial charge in [0.05, 0.1) is 18.5 Å². The summed E-state index contributed by atoms with van der Waals surface area (Å²) in [5, 5.41) is 0. The Bertz CT molecular complexity index is 1490. The molecule has 4 aromatic rings. The van der Waals surface area contributed by atoms with E-state index in [2.05, 4.69) is 10.6 Å². The maximum absolute atomic E-state index is 13.8. The van der Waals surface area contributed by atoms with Gasteiger partial charge in [0.1, 0.15) is 5.75 Å². The van der Waals surface area contributed by atoms with E-state index in [9.17, 15) is 9.59 Å². The van der Waals surface area contributed by atoms with E-state index in [1.54, 1.807) is 13.2 Å². The van der Waals surface area contributed by atoms with Crippen LogP contribution in [0.5, 0.6) is 5.75 Å². The van der Waals surface area contributed by atoms with Crippen molar-refractivity contribution in [3.8, 4) is 11.4 Å². The number of carbonyl (C=O) groups is 2. The predicted molar refractivity (Wildman–Crippen MR) is 139 cm³/mol. The van der Waals surface area contributed by atoms with Crippen LogP contribution in [0.3, 0.4) is 0 Å². The van der Waals surface area contributed by atoms with Gasteiger partial charge in [0, 0.05) is 22.5 Å². The van der Waals surface area contributed by atoms with Crippen molar-refractivity contribution >= 4 is 29.2 Å². The number of hydrogen-bond donors (Lipinski definition) is 0. The summed E-state index contributed by atoms with van der Waals surface area (Å²) in [6.07, 6.45) is 1.89. The van der Waals surface area contributed by atoms with E-state index in [1.807, 2.05) is 93.6 Å². The molecule has 0 atom stereocenters. The van der Waals surface area contributed by atoms with Crippen molar-refractivity contribution in [1.29, 1.82) is 0 Å². The molecule has 0 N–H and O–H groups in total. The Balaban J connectivity index is 1.68. The lowest BCUT2D eigenvalue weighted by molar-refractivity contribution is -0.112. The van der Waals surface area contributed by atoms with E-state index in [4.69, 9.17) is 4.74 Å². The number of aromatic nitrogens is 1. The normalized spacial score (nSPS) is 14.4. The molecule has 0 fully saturated rings. The molecule has 0 saturated carbocycles. The summed E-state index contributed by atoms with van der Waals surface area (Å²) >= 11 is 0. The fraction of sp³-hybridized carbons (Fsp3) is 0.133. The highest BCUT2D eigenvalue weighted by Gasteiger charge is 2.36. The van der Waals surface area contributed by atoms with Gasteiger partial charge < -0.3 is 9.30 Å². The quantitative estimate of drug-likeness (QED) is 0.270. The van der Waals surface area contributed by atoms with Crippen molar-refractivity contribution in [2.45, 2.75) is 20.8 Å². The van der Waals surface area contributed by atoms with Crippen LogP contribution in [-0.2, 0) is 4.79 Å². The molecule has 0 aliphatic carbocycles. The highest BCUT2D eigenvalue weighted by Crippen LogP contribution is 2.35. The summed E-state index contributed by atoms with van der Waals surface area (Å²) in [5.41, 5.74) is 7.10. The van der Waals surface area contributed by atoms with Crippen LogP contribution in [0.25, 0.3) is 17.3 Å². The molecule has 174 valence electrons. The Labute approximate surface area is 204 Å². The van der Waals surface area contributed by atoms with Gasteiger partial charge in [-0.25, -0.2) is 4.90 Å². The highest BCUT2D eigenvalue weighted by atomic mass is 16.5. The smallest absolute Gasteiger partial charge is 0.265 e. The molecule has 1 aliphatic rings. The second-order valence-electron chi connectivity index (χ2n) is 8.72. The maximum atomic E-state index is 13.8. The minimum atomic E-state index is -0.334. The van der Waals surface area contributed by atoms with E-state index in [0.29, 0.717) is 22.4 Å². The van der Waals surface area contributed by atoms with Gasteiger partial charge in [-0.1, -0.05) is 48.0 Å². The molecule has 35 heavy (non-hydrogen) atoms.